The van der Waals surface area contributed by atoms with E-state index in [2.05, 4.69) is 17.9 Å². The van der Waals surface area contributed by atoms with Gasteiger partial charge in [0.1, 0.15) is 6.04 Å². The van der Waals surface area contributed by atoms with Crippen LogP contribution in [0.3, 0.4) is 0 Å². The number of rotatable bonds is 2. The van der Waals surface area contributed by atoms with Crippen molar-refractivity contribution in [2.45, 2.75) is 23.8 Å². The normalized spacial score (nSPS) is 18.8. The molecular formula is C13H16N2O2S. The molecule has 1 fully saturated rings. The van der Waals surface area contributed by atoms with Crippen LogP contribution in [0.4, 0.5) is 0 Å². The van der Waals surface area contributed by atoms with E-state index < -0.39 is 0 Å². The summed E-state index contributed by atoms with van der Waals surface area (Å²) in [6.45, 7) is 0.624. The number of carbonyl (C=O) groups is 2. The van der Waals surface area contributed by atoms with E-state index in [1.165, 1.54) is 0 Å². The lowest BCUT2D eigenvalue weighted by Crippen LogP contribution is -2.45. The number of hydrogen-bond acceptors (Lipinski definition) is 3. The van der Waals surface area contributed by atoms with Crippen molar-refractivity contribution in [3.8, 4) is 0 Å². The number of likely N-dealkylation sites (N-methyl/N-ethyl adjacent to an activating group) is 1. The Morgan fingerprint density at radius 3 is 2.78 bits per heavy atom. The first-order chi connectivity index (χ1) is 8.65. The van der Waals surface area contributed by atoms with Gasteiger partial charge < -0.3 is 10.2 Å². The summed E-state index contributed by atoms with van der Waals surface area (Å²) in [6, 6.07) is 6.80. The van der Waals surface area contributed by atoms with Gasteiger partial charge >= 0.3 is 0 Å². The summed E-state index contributed by atoms with van der Waals surface area (Å²) in [6.07, 6.45) is 1.58. The predicted octanol–water partition coefficient (Wildman–Crippen LogP) is 1.33. The molecule has 1 aliphatic heterocycles. The Hall–Kier alpha value is -1.49. The van der Waals surface area contributed by atoms with Crippen molar-refractivity contribution in [1.82, 2.24) is 10.2 Å². The van der Waals surface area contributed by atoms with E-state index in [4.69, 9.17) is 0 Å². The van der Waals surface area contributed by atoms with Crippen LogP contribution in [-0.2, 0) is 4.79 Å². The second kappa shape index (κ2) is 5.44. The zero-order valence-electron chi connectivity index (χ0n) is 10.2. The summed E-state index contributed by atoms with van der Waals surface area (Å²) in [5, 5.41) is 2.61. The number of likely N-dealkylation sites (tertiary alicyclic amines) is 1. The van der Waals surface area contributed by atoms with Crippen LogP contribution in [0, 0.1) is 0 Å². The average Bonchev–Trinajstić information content (AvgIpc) is 2.86. The molecule has 1 saturated heterocycles. The Morgan fingerprint density at radius 1 is 1.39 bits per heavy atom. The van der Waals surface area contributed by atoms with Crippen LogP contribution in [-0.4, -0.2) is 36.3 Å². The largest absolute Gasteiger partial charge is 0.357 e. The van der Waals surface area contributed by atoms with Crippen molar-refractivity contribution in [2.24, 2.45) is 0 Å². The molecule has 1 atom stereocenters. The first-order valence-corrected chi connectivity index (χ1v) is 6.40. The maximum absolute atomic E-state index is 12.4. The van der Waals surface area contributed by atoms with Crippen molar-refractivity contribution >= 4 is 24.4 Å². The first-order valence-electron chi connectivity index (χ1n) is 5.95. The van der Waals surface area contributed by atoms with E-state index in [0.29, 0.717) is 17.0 Å². The molecule has 0 bridgehead atoms. The van der Waals surface area contributed by atoms with Crippen molar-refractivity contribution in [2.75, 3.05) is 13.6 Å². The van der Waals surface area contributed by atoms with Gasteiger partial charge in [-0.3, -0.25) is 9.59 Å². The maximum atomic E-state index is 12.4. The fourth-order valence-corrected chi connectivity index (χ4v) is 2.51. The Balaban J connectivity index is 2.23. The lowest BCUT2D eigenvalue weighted by atomic mass is 10.1. The van der Waals surface area contributed by atoms with Crippen LogP contribution in [0.2, 0.25) is 0 Å². The van der Waals surface area contributed by atoms with Crippen LogP contribution in [0.1, 0.15) is 23.2 Å². The number of nitrogens with zero attached hydrogens (tertiary/aromatic N) is 1. The number of benzene rings is 1. The highest BCUT2D eigenvalue weighted by molar-refractivity contribution is 7.80. The molecule has 1 aromatic carbocycles. The van der Waals surface area contributed by atoms with E-state index >= 15 is 0 Å². The molecule has 96 valence electrons. The molecule has 18 heavy (non-hydrogen) atoms. The first kappa shape index (κ1) is 13.0. The Kier molecular flexibility index (Phi) is 3.91. The second-order valence-corrected chi connectivity index (χ2v) is 4.77. The SMILES string of the molecule is CNC(=O)C1CCCN1C(=O)c1ccccc1S. The molecular weight excluding hydrogens is 248 g/mol. The molecule has 0 spiro atoms. The third-order valence-corrected chi connectivity index (χ3v) is 3.59. The number of carbonyl (C=O) groups excluding carboxylic acids is 2. The van der Waals surface area contributed by atoms with E-state index in [9.17, 15) is 9.59 Å². The molecule has 1 unspecified atom stereocenters. The molecule has 0 radical (unpaired) electrons. The highest BCUT2D eigenvalue weighted by atomic mass is 32.1. The third kappa shape index (κ3) is 2.36. The van der Waals surface area contributed by atoms with Crippen LogP contribution in [0.5, 0.6) is 0 Å². The minimum absolute atomic E-state index is 0.0995. The summed E-state index contributed by atoms with van der Waals surface area (Å²) in [5.41, 5.74) is 0.552. The number of nitrogens with one attached hydrogen (secondary N) is 1. The quantitative estimate of drug-likeness (QED) is 0.792. The van der Waals surface area contributed by atoms with Gasteiger partial charge in [-0.2, -0.15) is 0 Å². The number of thiol groups is 1. The van der Waals surface area contributed by atoms with Gasteiger partial charge in [-0.1, -0.05) is 12.1 Å². The van der Waals surface area contributed by atoms with Crippen molar-refractivity contribution in [3.63, 3.8) is 0 Å². The smallest absolute Gasteiger partial charge is 0.255 e. The fraction of sp³-hybridized carbons (Fsp3) is 0.385. The van der Waals surface area contributed by atoms with E-state index in [1.807, 2.05) is 6.07 Å². The molecule has 1 aromatic rings. The van der Waals surface area contributed by atoms with Gasteiger partial charge in [-0.05, 0) is 25.0 Å². The molecule has 1 aliphatic rings. The van der Waals surface area contributed by atoms with Crippen LogP contribution in [0.15, 0.2) is 29.2 Å². The van der Waals surface area contributed by atoms with Gasteiger partial charge in [0.2, 0.25) is 5.91 Å². The molecule has 2 rings (SSSR count). The number of amides is 2. The van der Waals surface area contributed by atoms with Gasteiger partial charge in [0.25, 0.3) is 5.91 Å². The van der Waals surface area contributed by atoms with E-state index in [0.717, 1.165) is 12.8 Å². The highest BCUT2D eigenvalue weighted by Gasteiger charge is 2.34. The Labute approximate surface area is 112 Å². The lowest BCUT2D eigenvalue weighted by molar-refractivity contribution is -0.124. The zero-order chi connectivity index (χ0) is 13.1. The highest BCUT2D eigenvalue weighted by Crippen LogP contribution is 2.23. The summed E-state index contributed by atoms with van der Waals surface area (Å²) >= 11 is 4.29. The minimum Gasteiger partial charge on any atom is -0.357 e. The summed E-state index contributed by atoms with van der Waals surface area (Å²) < 4.78 is 0. The van der Waals surface area contributed by atoms with E-state index in [1.54, 1.807) is 30.1 Å². The molecule has 1 heterocycles. The second-order valence-electron chi connectivity index (χ2n) is 4.29. The van der Waals surface area contributed by atoms with Gasteiger partial charge in [-0.15, -0.1) is 12.6 Å². The third-order valence-electron chi connectivity index (χ3n) is 3.20. The van der Waals surface area contributed by atoms with Crippen LogP contribution < -0.4 is 5.32 Å². The van der Waals surface area contributed by atoms with Crippen LogP contribution in [0.25, 0.3) is 0 Å². The van der Waals surface area contributed by atoms with Crippen molar-refractivity contribution in [3.05, 3.63) is 29.8 Å². The molecule has 0 saturated carbocycles. The average molecular weight is 264 g/mol. The van der Waals surface area contributed by atoms with Crippen molar-refractivity contribution < 1.29 is 9.59 Å². The molecule has 4 nitrogen and oxygen atoms in total. The summed E-state index contributed by atoms with van der Waals surface area (Å²) in [7, 11) is 1.59. The maximum Gasteiger partial charge on any atom is 0.255 e. The molecule has 2 amide bonds. The molecule has 5 heteroatoms. The van der Waals surface area contributed by atoms with Gasteiger partial charge in [-0.25, -0.2) is 0 Å². The summed E-state index contributed by atoms with van der Waals surface area (Å²) in [5.74, 6) is -0.218. The van der Waals surface area contributed by atoms with Crippen LogP contribution >= 0.6 is 12.6 Å². The Bertz CT molecular complexity index is 476. The topological polar surface area (TPSA) is 49.4 Å². The van der Waals surface area contributed by atoms with Crippen molar-refractivity contribution in [1.29, 1.82) is 0 Å². The van der Waals surface area contributed by atoms with Gasteiger partial charge in [0, 0.05) is 18.5 Å². The molecule has 1 N–H and O–H groups in total. The van der Waals surface area contributed by atoms with E-state index in [-0.39, 0.29) is 17.9 Å². The zero-order valence-corrected chi connectivity index (χ0v) is 11.1. The monoisotopic (exact) mass is 264 g/mol. The molecule has 0 aromatic heterocycles. The standard InChI is InChI=1S/C13H16N2O2S/c1-14-12(16)10-6-4-8-15(10)13(17)9-5-2-3-7-11(9)18/h2-3,5,7,10,18H,4,6,8H2,1H3,(H,14,16). The fourth-order valence-electron chi connectivity index (χ4n) is 2.26. The minimum atomic E-state index is -0.351. The van der Waals surface area contributed by atoms with Gasteiger partial charge in [0.05, 0.1) is 5.56 Å². The lowest BCUT2D eigenvalue weighted by Gasteiger charge is -2.23. The van der Waals surface area contributed by atoms with Gasteiger partial charge in [0.15, 0.2) is 0 Å². The number of hydrogen-bond donors (Lipinski definition) is 2. The predicted molar refractivity (Wildman–Crippen MR) is 71.8 cm³/mol. The summed E-state index contributed by atoms with van der Waals surface area (Å²) in [4.78, 5) is 26.4. The molecule has 0 aliphatic carbocycles. The Morgan fingerprint density at radius 2 is 2.11 bits per heavy atom.